The average molecular weight is 536 g/mol. The Labute approximate surface area is 190 Å². The minimum atomic E-state index is -1.66. The summed E-state index contributed by atoms with van der Waals surface area (Å²) in [4.78, 5) is 16.1. The molecule has 0 spiro atoms. The predicted molar refractivity (Wildman–Crippen MR) is 121 cm³/mol. The van der Waals surface area contributed by atoms with Crippen LogP contribution in [0.25, 0.3) is 0 Å². The Bertz CT molecular complexity index is 853. The fourth-order valence-electron chi connectivity index (χ4n) is 2.54. The summed E-state index contributed by atoms with van der Waals surface area (Å²) >= 11 is 0. The Kier molecular flexibility index (Phi) is 11.2. The number of nitrogens with one attached hydrogen (secondary N) is 3. The topological polar surface area (TPSA) is 85.8 Å². The van der Waals surface area contributed by atoms with E-state index in [0.29, 0.717) is 19.0 Å². The van der Waals surface area contributed by atoms with Crippen molar-refractivity contribution in [1.29, 1.82) is 0 Å². The third kappa shape index (κ3) is 7.48. The predicted octanol–water partition coefficient (Wildman–Crippen LogP) is 2.99. The molecule has 0 saturated carbocycles. The number of rotatable bonds is 8. The van der Waals surface area contributed by atoms with Gasteiger partial charge in [0.2, 0.25) is 5.91 Å². The maximum Gasteiger partial charge on any atom is 0.246 e. The fraction of sp³-hybridized carbons (Fsp3) is 0.300. The van der Waals surface area contributed by atoms with Crippen LogP contribution in [0.3, 0.4) is 0 Å². The molecule has 1 unspecified atom stereocenters. The Morgan fingerprint density at radius 2 is 1.77 bits per heavy atom. The third-order valence-corrected chi connectivity index (χ3v) is 4.04. The lowest BCUT2D eigenvalue weighted by Crippen LogP contribution is -2.40. The summed E-state index contributed by atoms with van der Waals surface area (Å²) in [5.74, 6) is -5.02. The van der Waals surface area contributed by atoms with Crippen molar-refractivity contribution in [2.75, 3.05) is 31.6 Å². The van der Waals surface area contributed by atoms with Crippen LogP contribution in [0.5, 0.6) is 0 Å². The van der Waals surface area contributed by atoms with Gasteiger partial charge in [0.25, 0.3) is 0 Å². The van der Waals surface area contributed by atoms with Crippen LogP contribution in [0, 0.1) is 17.5 Å². The molecule has 30 heavy (non-hydrogen) atoms. The van der Waals surface area contributed by atoms with Gasteiger partial charge in [0, 0.05) is 19.0 Å². The monoisotopic (exact) mass is 536 g/mol. The Morgan fingerprint density at radius 1 is 1.07 bits per heavy atom. The Hall–Kier alpha value is -2.34. The van der Waals surface area contributed by atoms with Gasteiger partial charge < -0.3 is 21.1 Å². The van der Waals surface area contributed by atoms with Gasteiger partial charge in [-0.05, 0) is 24.6 Å². The van der Waals surface area contributed by atoms with Gasteiger partial charge in [-0.25, -0.2) is 18.2 Å². The molecule has 0 bridgehead atoms. The number of nitrogens with zero attached hydrogens (tertiary/aromatic N) is 1. The molecule has 1 atom stereocenters. The molecule has 6 nitrogen and oxygen atoms in total. The summed E-state index contributed by atoms with van der Waals surface area (Å²) in [6.45, 7) is 2.29. The zero-order valence-corrected chi connectivity index (χ0v) is 18.6. The van der Waals surface area contributed by atoms with Crippen molar-refractivity contribution in [3.63, 3.8) is 0 Å². The number of hydrogen-bond acceptors (Lipinski definition) is 3. The highest BCUT2D eigenvalue weighted by Crippen LogP contribution is 2.19. The largest absolute Gasteiger partial charge is 0.396 e. The maximum absolute atomic E-state index is 13.6. The summed E-state index contributed by atoms with van der Waals surface area (Å²) in [6, 6.07) is 11.1. The van der Waals surface area contributed by atoms with Gasteiger partial charge in [0.05, 0.1) is 12.3 Å². The van der Waals surface area contributed by atoms with E-state index in [1.807, 2.05) is 37.3 Å². The zero-order chi connectivity index (χ0) is 21.2. The van der Waals surface area contributed by atoms with Crippen LogP contribution in [-0.2, 0) is 4.79 Å². The smallest absolute Gasteiger partial charge is 0.246 e. The zero-order valence-electron chi connectivity index (χ0n) is 16.3. The van der Waals surface area contributed by atoms with E-state index in [1.165, 1.54) is 0 Å². The van der Waals surface area contributed by atoms with Crippen molar-refractivity contribution in [2.24, 2.45) is 4.99 Å². The van der Waals surface area contributed by atoms with Gasteiger partial charge >= 0.3 is 0 Å². The molecule has 0 aliphatic heterocycles. The number of anilines is 1. The quantitative estimate of drug-likeness (QED) is 0.181. The second-order valence-corrected chi connectivity index (χ2v) is 6.14. The van der Waals surface area contributed by atoms with Crippen LogP contribution in [0.1, 0.15) is 18.4 Å². The standard InChI is InChI=1S/C20H23F3N4O2.HI/c1-2-24-20(25-10-14(12-28)13-6-4-3-5-7-13)26-11-17(29)27-16-9-8-15(21)18(22)19(16)23;/h3-9,14,28H,2,10-12H2,1H3,(H,27,29)(H2,24,25,26);1H. The van der Waals surface area contributed by atoms with Gasteiger partial charge in [0.15, 0.2) is 23.4 Å². The van der Waals surface area contributed by atoms with Gasteiger partial charge in [-0.2, -0.15) is 0 Å². The molecular weight excluding hydrogens is 512 g/mol. The van der Waals surface area contributed by atoms with Crippen molar-refractivity contribution >= 4 is 41.5 Å². The van der Waals surface area contributed by atoms with Crippen LogP contribution in [0.4, 0.5) is 18.9 Å². The van der Waals surface area contributed by atoms with E-state index in [0.717, 1.165) is 17.7 Å². The Balaban J connectivity index is 0.00000450. The van der Waals surface area contributed by atoms with Crippen LogP contribution in [-0.4, -0.2) is 43.2 Å². The highest BCUT2D eigenvalue weighted by Gasteiger charge is 2.15. The first-order chi connectivity index (χ1) is 14.0. The lowest BCUT2D eigenvalue weighted by atomic mass is 10.0. The average Bonchev–Trinajstić information content (AvgIpc) is 2.73. The van der Waals surface area contributed by atoms with Crippen LogP contribution in [0.15, 0.2) is 47.5 Å². The SMILES string of the molecule is CCNC(=NCC(=O)Nc1ccc(F)c(F)c1F)NCC(CO)c1ccccc1.I. The molecule has 2 aromatic carbocycles. The molecule has 164 valence electrons. The first kappa shape index (κ1) is 25.7. The third-order valence-electron chi connectivity index (χ3n) is 4.04. The van der Waals surface area contributed by atoms with E-state index in [9.17, 15) is 23.1 Å². The molecular formula is C20H24F3IN4O2. The first-order valence-corrected chi connectivity index (χ1v) is 9.07. The number of aliphatic imine (C=N–C) groups is 1. The summed E-state index contributed by atoms with van der Waals surface area (Å²) < 4.78 is 39.8. The van der Waals surface area contributed by atoms with Crippen molar-refractivity contribution in [2.45, 2.75) is 12.8 Å². The molecule has 0 fully saturated rings. The van der Waals surface area contributed by atoms with Crippen molar-refractivity contribution in [1.82, 2.24) is 10.6 Å². The van der Waals surface area contributed by atoms with E-state index in [2.05, 4.69) is 20.9 Å². The molecule has 1 amide bonds. The fourth-order valence-corrected chi connectivity index (χ4v) is 2.54. The number of carbonyl (C=O) groups excluding carboxylic acids is 1. The second kappa shape index (κ2) is 13.1. The van der Waals surface area contributed by atoms with E-state index in [-0.39, 0.29) is 43.0 Å². The minimum Gasteiger partial charge on any atom is -0.396 e. The normalized spacial score (nSPS) is 12.0. The van der Waals surface area contributed by atoms with Crippen molar-refractivity contribution < 1.29 is 23.1 Å². The number of amides is 1. The van der Waals surface area contributed by atoms with E-state index < -0.39 is 29.0 Å². The van der Waals surface area contributed by atoms with Gasteiger partial charge in [-0.3, -0.25) is 4.79 Å². The molecule has 0 heterocycles. The summed E-state index contributed by atoms with van der Waals surface area (Å²) in [5.41, 5.74) is 0.483. The van der Waals surface area contributed by atoms with Crippen molar-refractivity contribution in [3.05, 3.63) is 65.5 Å². The lowest BCUT2D eigenvalue weighted by Gasteiger charge is -2.18. The number of aliphatic hydroxyl groups is 1. The first-order valence-electron chi connectivity index (χ1n) is 9.07. The molecule has 2 aromatic rings. The maximum atomic E-state index is 13.6. The highest BCUT2D eigenvalue weighted by atomic mass is 127. The van der Waals surface area contributed by atoms with Crippen LogP contribution in [0.2, 0.25) is 0 Å². The summed E-state index contributed by atoms with van der Waals surface area (Å²) in [6.07, 6.45) is 0. The van der Waals surface area contributed by atoms with Crippen LogP contribution >= 0.6 is 24.0 Å². The molecule has 0 aliphatic carbocycles. The molecule has 0 saturated heterocycles. The minimum absolute atomic E-state index is 0. The van der Waals surface area contributed by atoms with Gasteiger partial charge in [-0.1, -0.05) is 30.3 Å². The van der Waals surface area contributed by atoms with Gasteiger partial charge in [-0.15, -0.1) is 24.0 Å². The van der Waals surface area contributed by atoms with Gasteiger partial charge in [0.1, 0.15) is 6.54 Å². The van der Waals surface area contributed by atoms with E-state index in [1.54, 1.807) is 0 Å². The lowest BCUT2D eigenvalue weighted by molar-refractivity contribution is -0.114. The second-order valence-electron chi connectivity index (χ2n) is 6.14. The number of benzene rings is 2. The molecule has 10 heteroatoms. The van der Waals surface area contributed by atoms with Crippen molar-refractivity contribution in [3.8, 4) is 0 Å². The summed E-state index contributed by atoms with van der Waals surface area (Å²) in [5, 5.41) is 17.8. The number of aliphatic hydroxyl groups excluding tert-OH is 1. The number of guanidine groups is 1. The number of carbonyl (C=O) groups is 1. The van der Waals surface area contributed by atoms with E-state index in [4.69, 9.17) is 0 Å². The number of halogens is 4. The molecule has 0 radical (unpaired) electrons. The molecule has 0 aromatic heterocycles. The molecule has 0 aliphatic rings. The molecule has 2 rings (SSSR count). The van der Waals surface area contributed by atoms with Crippen LogP contribution < -0.4 is 16.0 Å². The summed E-state index contributed by atoms with van der Waals surface area (Å²) in [7, 11) is 0. The molecule has 4 N–H and O–H groups in total. The van der Waals surface area contributed by atoms with E-state index >= 15 is 0 Å². The number of hydrogen-bond donors (Lipinski definition) is 4. The Morgan fingerprint density at radius 3 is 2.40 bits per heavy atom. The highest BCUT2D eigenvalue weighted by molar-refractivity contribution is 14.0.